The number of nitrogens with one attached hydrogen (secondary N) is 1. The van der Waals surface area contributed by atoms with E-state index in [0.717, 1.165) is 12.8 Å². The minimum absolute atomic E-state index is 0.0458. The van der Waals surface area contributed by atoms with Gasteiger partial charge in [0.05, 0.1) is 0 Å². The predicted molar refractivity (Wildman–Crippen MR) is 53.5 cm³/mol. The molecule has 1 aromatic heterocycles. The van der Waals surface area contributed by atoms with Crippen LogP contribution in [-0.4, -0.2) is 10.2 Å². The Hall–Kier alpha value is -0.540. The molecule has 3 nitrogen and oxygen atoms in total. The van der Waals surface area contributed by atoms with Gasteiger partial charge in [0.2, 0.25) is 5.43 Å². The zero-order valence-corrected chi connectivity index (χ0v) is 8.74. The average Bonchev–Trinajstić information content (AvgIpc) is 2.12. The second kappa shape index (κ2) is 4.63. The maximum atomic E-state index is 11.4. The van der Waals surface area contributed by atoms with Crippen molar-refractivity contribution in [3.05, 3.63) is 26.1 Å². The van der Waals surface area contributed by atoms with Gasteiger partial charge >= 0.3 is 0 Å². The van der Waals surface area contributed by atoms with Gasteiger partial charge in [-0.15, -0.1) is 0 Å². The number of unbranched alkanes of at least 4 members (excludes halogenated alkanes) is 1. The quantitative estimate of drug-likeness (QED) is 0.851. The van der Waals surface area contributed by atoms with E-state index in [0.29, 0.717) is 17.1 Å². The van der Waals surface area contributed by atoms with Crippen LogP contribution in [0.25, 0.3) is 0 Å². The van der Waals surface area contributed by atoms with Crippen LogP contribution in [0, 0.1) is 0 Å². The topological polar surface area (TPSA) is 45.8 Å². The maximum Gasteiger partial charge on any atom is 0.223 e. The summed E-state index contributed by atoms with van der Waals surface area (Å²) in [7, 11) is 0. The van der Waals surface area contributed by atoms with Crippen LogP contribution < -0.4 is 5.43 Å². The Balaban J connectivity index is 3.03. The summed E-state index contributed by atoms with van der Waals surface area (Å²) in [6, 6.07) is 0. The van der Waals surface area contributed by atoms with Gasteiger partial charge in [-0.2, -0.15) is 5.10 Å². The molecule has 0 amide bonds. The van der Waals surface area contributed by atoms with Crippen LogP contribution in [0.2, 0.25) is 10.3 Å². The Morgan fingerprint density at radius 2 is 2.15 bits per heavy atom. The third-order valence-corrected chi connectivity index (χ3v) is 2.33. The average molecular weight is 221 g/mol. The van der Waals surface area contributed by atoms with Crippen molar-refractivity contribution < 1.29 is 0 Å². The van der Waals surface area contributed by atoms with Crippen LogP contribution in [0.4, 0.5) is 0 Å². The standard InChI is InChI=1S/C8H10Cl2N2O/c1-2-3-4-5-6(13)8(10)12-11-7(5)9/h2-4H2,1H3,(H,11,13). The van der Waals surface area contributed by atoms with Crippen molar-refractivity contribution in [1.82, 2.24) is 10.2 Å². The number of hydrogen-bond acceptors (Lipinski definition) is 2. The number of halogens is 2. The number of H-pyrrole nitrogens is 1. The second-order valence-corrected chi connectivity index (χ2v) is 3.48. The molecular weight excluding hydrogens is 211 g/mol. The van der Waals surface area contributed by atoms with Gasteiger partial charge in [-0.1, -0.05) is 36.5 Å². The summed E-state index contributed by atoms with van der Waals surface area (Å²) in [5, 5.41) is 6.29. The number of hydrogen-bond donors (Lipinski definition) is 1. The summed E-state index contributed by atoms with van der Waals surface area (Å²) >= 11 is 11.3. The highest BCUT2D eigenvalue weighted by Crippen LogP contribution is 2.12. The summed E-state index contributed by atoms with van der Waals surface area (Å²) in [5.41, 5.74) is 0.266. The highest BCUT2D eigenvalue weighted by molar-refractivity contribution is 6.31. The number of aromatic nitrogens is 2. The molecule has 1 rings (SSSR count). The fourth-order valence-corrected chi connectivity index (χ4v) is 1.40. The van der Waals surface area contributed by atoms with Crippen LogP contribution in [-0.2, 0) is 6.42 Å². The lowest BCUT2D eigenvalue weighted by Gasteiger charge is -2.01. The zero-order chi connectivity index (χ0) is 9.84. The van der Waals surface area contributed by atoms with Crippen molar-refractivity contribution in [2.75, 3.05) is 0 Å². The molecule has 0 aromatic carbocycles. The van der Waals surface area contributed by atoms with Crippen molar-refractivity contribution in [2.24, 2.45) is 0 Å². The number of aromatic amines is 1. The van der Waals surface area contributed by atoms with Gasteiger partial charge in [-0.05, 0) is 12.8 Å². The van der Waals surface area contributed by atoms with Crippen molar-refractivity contribution in [3.8, 4) is 0 Å². The summed E-state index contributed by atoms with van der Waals surface area (Å²) in [6.45, 7) is 2.05. The number of rotatable bonds is 3. The molecule has 0 bridgehead atoms. The molecule has 13 heavy (non-hydrogen) atoms. The molecule has 0 radical (unpaired) electrons. The molecule has 0 saturated heterocycles. The Morgan fingerprint density at radius 3 is 2.77 bits per heavy atom. The van der Waals surface area contributed by atoms with E-state index in [2.05, 4.69) is 10.2 Å². The third kappa shape index (κ3) is 2.45. The largest absolute Gasteiger partial charge is 0.286 e. The minimum Gasteiger partial charge on any atom is -0.286 e. The van der Waals surface area contributed by atoms with Crippen molar-refractivity contribution in [2.45, 2.75) is 26.2 Å². The Bertz CT molecular complexity index is 348. The maximum absolute atomic E-state index is 11.4. The Morgan fingerprint density at radius 1 is 1.46 bits per heavy atom. The normalized spacial score (nSPS) is 10.4. The Kier molecular flexibility index (Phi) is 3.75. The zero-order valence-electron chi connectivity index (χ0n) is 7.23. The molecule has 0 aliphatic rings. The first-order valence-electron chi connectivity index (χ1n) is 4.09. The van der Waals surface area contributed by atoms with Gasteiger partial charge in [0.1, 0.15) is 5.15 Å². The smallest absolute Gasteiger partial charge is 0.223 e. The molecule has 0 aliphatic carbocycles. The molecule has 0 atom stereocenters. The first-order chi connectivity index (χ1) is 6.16. The summed E-state index contributed by atoms with van der Waals surface area (Å²) in [5.74, 6) is 0. The SMILES string of the molecule is CCCCc1c(Cl)[nH]nc(Cl)c1=O. The van der Waals surface area contributed by atoms with E-state index in [1.54, 1.807) is 0 Å². The van der Waals surface area contributed by atoms with Crippen LogP contribution in [0.5, 0.6) is 0 Å². The van der Waals surface area contributed by atoms with E-state index in [9.17, 15) is 4.79 Å². The highest BCUT2D eigenvalue weighted by Gasteiger charge is 2.09. The summed E-state index contributed by atoms with van der Waals surface area (Å²) < 4.78 is 0. The van der Waals surface area contributed by atoms with Crippen molar-refractivity contribution >= 4 is 23.2 Å². The van der Waals surface area contributed by atoms with E-state index < -0.39 is 0 Å². The van der Waals surface area contributed by atoms with Crippen LogP contribution in [0.15, 0.2) is 4.79 Å². The highest BCUT2D eigenvalue weighted by atomic mass is 35.5. The van der Waals surface area contributed by atoms with Crippen molar-refractivity contribution in [1.29, 1.82) is 0 Å². The van der Waals surface area contributed by atoms with E-state index in [-0.39, 0.29) is 10.6 Å². The lowest BCUT2D eigenvalue weighted by Crippen LogP contribution is -2.13. The van der Waals surface area contributed by atoms with Crippen LogP contribution in [0.3, 0.4) is 0 Å². The van der Waals surface area contributed by atoms with Crippen LogP contribution in [0.1, 0.15) is 25.3 Å². The molecule has 0 unspecified atom stereocenters. The van der Waals surface area contributed by atoms with Crippen molar-refractivity contribution in [3.63, 3.8) is 0 Å². The van der Waals surface area contributed by atoms with Crippen LogP contribution >= 0.6 is 23.2 Å². The Labute approximate surface area is 86.1 Å². The van der Waals surface area contributed by atoms with Gasteiger partial charge in [-0.3, -0.25) is 9.89 Å². The van der Waals surface area contributed by atoms with Gasteiger partial charge < -0.3 is 0 Å². The van der Waals surface area contributed by atoms with Gasteiger partial charge in [0, 0.05) is 5.56 Å². The monoisotopic (exact) mass is 220 g/mol. The first kappa shape index (κ1) is 10.5. The molecule has 0 fully saturated rings. The molecule has 0 saturated carbocycles. The molecular formula is C8H10Cl2N2O. The molecule has 0 spiro atoms. The molecule has 1 N–H and O–H groups in total. The lowest BCUT2D eigenvalue weighted by atomic mass is 10.1. The van der Waals surface area contributed by atoms with Gasteiger partial charge in [0.15, 0.2) is 5.15 Å². The van der Waals surface area contributed by atoms with E-state index in [4.69, 9.17) is 23.2 Å². The lowest BCUT2D eigenvalue weighted by molar-refractivity contribution is 0.782. The molecule has 0 aliphatic heterocycles. The summed E-state index contributed by atoms with van der Waals surface area (Å²) in [6.07, 6.45) is 2.58. The molecule has 72 valence electrons. The van der Waals surface area contributed by atoms with Gasteiger partial charge in [-0.25, -0.2) is 0 Å². The second-order valence-electron chi connectivity index (χ2n) is 2.74. The number of nitrogens with zero attached hydrogens (tertiary/aromatic N) is 1. The van der Waals surface area contributed by atoms with Gasteiger partial charge in [0.25, 0.3) is 0 Å². The minimum atomic E-state index is -0.265. The fraction of sp³-hybridized carbons (Fsp3) is 0.500. The molecule has 1 aromatic rings. The summed E-state index contributed by atoms with van der Waals surface area (Å²) in [4.78, 5) is 11.4. The van der Waals surface area contributed by atoms with E-state index in [1.165, 1.54) is 0 Å². The molecule has 5 heteroatoms. The first-order valence-corrected chi connectivity index (χ1v) is 4.85. The predicted octanol–water partition coefficient (Wildman–Crippen LogP) is 2.42. The third-order valence-electron chi connectivity index (χ3n) is 1.76. The van der Waals surface area contributed by atoms with E-state index >= 15 is 0 Å². The fourth-order valence-electron chi connectivity index (χ4n) is 1.02. The molecule has 1 heterocycles. The van der Waals surface area contributed by atoms with E-state index in [1.807, 2.05) is 6.92 Å².